The van der Waals surface area contributed by atoms with Gasteiger partial charge in [-0.1, -0.05) is 18.2 Å². The van der Waals surface area contributed by atoms with E-state index in [0.717, 1.165) is 0 Å². The topological polar surface area (TPSA) is 39.2 Å². The second-order valence-corrected chi connectivity index (χ2v) is 4.21. The summed E-state index contributed by atoms with van der Waals surface area (Å²) in [7, 11) is 0. The lowest BCUT2D eigenvalue weighted by molar-refractivity contribution is 0.102. The average Bonchev–Trinajstić information content (AvgIpc) is 2.39. The molecule has 1 aromatic carbocycles. The predicted molar refractivity (Wildman–Crippen MR) is 69.9 cm³/mol. The lowest BCUT2D eigenvalue weighted by atomic mass is 10.1. The van der Waals surface area contributed by atoms with E-state index in [2.05, 4.69) is 4.98 Å². The third kappa shape index (κ3) is 2.74. The normalized spacial score (nSPS) is 10.4. The molecular formula is C15H15NO2. The molecule has 0 atom stereocenters. The quantitative estimate of drug-likeness (QED) is 0.772. The minimum Gasteiger partial charge on any atom is -0.490 e. The van der Waals surface area contributed by atoms with Crippen LogP contribution in [0.5, 0.6) is 5.75 Å². The highest BCUT2D eigenvalue weighted by Crippen LogP contribution is 2.21. The van der Waals surface area contributed by atoms with E-state index in [4.69, 9.17) is 4.74 Å². The van der Waals surface area contributed by atoms with Gasteiger partial charge in [0.15, 0.2) is 0 Å². The standard InChI is InChI=1S/C15H15NO2/c1-11(2)18-14-9-4-3-7-12(14)15(17)13-8-5-6-10-16-13/h3-11H,1-2H3. The maximum atomic E-state index is 12.3. The fourth-order valence-corrected chi connectivity index (χ4v) is 1.65. The molecule has 3 nitrogen and oxygen atoms in total. The molecule has 2 rings (SSSR count). The highest BCUT2D eigenvalue weighted by molar-refractivity contribution is 6.09. The number of carbonyl (C=O) groups excluding carboxylic acids is 1. The van der Waals surface area contributed by atoms with Crippen molar-refractivity contribution >= 4 is 5.78 Å². The molecule has 0 bridgehead atoms. The van der Waals surface area contributed by atoms with Crippen LogP contribution in [0.25, 0.3) is 0 Å². The Hall–Kier alpha value is -2.16. The van der Waals surface area contributed by atoms with Gasteiger partial charge >= 0.3 is 0 Å². The molecule has 1 aromatic heterocycles. The van der Waals surface area contributed by atoms with Crippen molar-refractivity contribution < 1.29 is 9.53 Å². The Morgan fingerprint density at radius 1 is 1.11 bits per heavy atom. The van der Waals surface area contributed by atoms with E-state index >= 15 is 0 Å². The molecule has 0 N–H and O–H groups in total. The first-order valence-corrected chi connectivity index (χ1v) is 5.90. The fourth-order valence-electron chi connectivity index (χ4n) is 1.65. The molecule has 0 saturated heterocycles. The Kier molecular flexibility index (Phi) is 3.72. The molecule has 0 radical (unpaired) electrons. The van der Waals surface area contributed by atoms with E-state index in [-0.39, 0.29) is 11.9 Å². The van der Waals surface area contributed by atoms with Crippen LogP contribution >= 0.6 is 0 Å². The highest BCUT2D eigenvalue weighted by Gasteiger charge is 2.15. The summed E-state index contributed by atoms with van der Waals surface area (Å²) in [6.45, 7) is 3.87. The van der Waals surface area contributed by atoms with Crippen molar-refractivity contribution in [3.63, 3.8) is 0 Å². The van der Waals surface area contributed by atoms with E-state index in [0.29, 0.717) is 17.0 Å². The Balaban J connectivity index is 2.36. The molecule has 0 unspecified atom stereocenters. The minimum absolute atomic E-state index is 0.0303. The van der Waals surface area contributed by atoms with Crippen molar-refractivity contribution in [2.75, 3.05) is 0 Å². The molecule has 18 heavy (non-hydrogen) atoms. The van der Waals surface area contributed by atoms with Crippen LogP contribution in [0.3, 0.4) is 0 Å². The van der Waals surface area contributed by atoms with Gasteiger partial charge in [0.2, 0.25) is 5.78 Å². The lowest BCUT2D eigenvalue weighted by Gasteiger charge is -2.13. The van der Waals surface area contributed by atoms with Gasteiger partial charge in [0.25, 0.3) is 0 Å². The van der Waals surface area contributed by atoms with Gasteiger partial charge in [-0.2, -0.15) is 0 Å². The molecule has 0 aliphatic carbocycles. The van der Waals surface area contributed by atoms with Gasteiger partial charge in [-0.05, 0) is 38.1 Å². The summed E-state index contributed by atoms with van der Waals surface area (Å²) in [6.07, 6.45) is 1.64. The first-order valence-electron chi connectivity index (χ1n) is 5.90. The first-order chi connectivity index (χ1) is 8.68. The summed E-state index contributed by atoms with van der Waals surface area (Å²) in [4.78, 5) is 16.4. The van der Waals surface area contributed by atoms with Crippen molar-refractivity contribution in [3.8, 4) is 5.75 Å². The second-order valence-electron chi connectivity index (χ2n) is 4.21. The summed E-state index contributed by atoms with van der Waals surface area (Å²) in [6, 6.07) is 12.5. The molecule has 92 valence electrons. The SMILES string of the molecule is CC(C)Oc1ccccc1C(=O)c1ccccn1. The molecule has 0 aliphatic heterocycles. The molecule has 0 aliphatic rings. The molecular weight excluding hydrogens is 226 g/mol. The second kappa shape index (κ2) is 5.45. The van der Waals surface area contributed by atoms with Crippen LogP contribution in [-0.4, -0.2) is 16.9 Å². The number of rotatable bonds is 4. The van der Waals surface area contributed by atoms with Crippen molar-refractivity contribution in [3.05, 3.63) is 59.9 Å². The third-order valence-electron chi connectivity index (χ3n) is 2.39. The maximum Gasteiger partial charge on any atom is 0.215 e. The van der Waals surface area contributed by atoms with Gasteiger partial charge in [0.05, 0.1) is 11.7 Å². The number of hydrogen-bond acceptors (Lipinski definition) is 3. The molecule has 0 fully saturated rings. The summed E-state index contributed by atoms with van der Waals surface area (Å²) in [5.41, 5.74) is 0.974. The number of para-hydroxylation sites is 1. The van der Waals surface area contributed by atoms with Crippen LogP contribution < -0.4 is 4.74 Å². The first kappa shape index (κ1) is 12.3. The molecule has 0 spiro atoms. The van der Waals surface area contributed by atoms with Crippen molar-refractivity contribution in [1.29, 1.82) is 0 Å². The molecule has 1 heterocycles. The van der Waals surface area contributed by atoms with Crippen LogP contribution in [0.4, 0.5) is 0 Å². The molecule has 2 aromatic rings. The Morgan fingerprint density at radius 2 is 1.83 bits per heavy atom. The number of aromatic nitrogens is 1. The Labute approximate surface area is 106 Å². The number of nitrogens with zero attached hydrogens (tertiary/aromatic N) is 1. The third-order valence-corrected chi connectivity index (χ3v) is 2.39. The fraction of sp³-hybridized carbons (Fsp3) is 0.200. The number of pyridine rings is 1. The number of hydrogen-bond donors (Lipinski definition) is 0. The van der Waals surface area contributed by atoms with Crippen LogP contribution in [0, 0.1) is 0 Å². The lowest BCUT2D eigenvalue weighted by Crippen LogP contribution is -2.11. The van der Waals surface area contributed by atoms with E-state index in [1.807, 2.05) is 26.0 Å². The predicted octanol–water partition coefficient (Wildman–Crippen LogP) is 3.10. The maximum absolute atomic E-state index is 12.3. The largest absolute Gasteiger partial charge is 0.490 e. The minimum atomic E-state index is -0.119. The monoisotopic (exact) mass is 241 g/mol. The van der Waals surface area contributed by atoms with Gasteiger partial charge < -0.3 is 4.74 Å². The summed E-state index contributed by atoms with van der Waals surface area (Å²) in [5, 5.41) is 0. The zero-order valence-electron chi connectivity index (χ0n) is 10.5. The van der Waals surface area contributed by atoms with E-state index in [1.165, 1.54) is 0 Å². The van der Waals surface area contributed by atoms with Gasteiger partial charge in [0.1, 0.15) is 11.4 Å². The summed E-state index contributed by atoms with van der Waals surface area (Å²) in [5.74, 6) is 0.481. The van der Waals surface area contributed by atoms with Crippen molar-refractivity contribution in [2.45, 2.75) is 20.0 Å². The zero-order chi connectivity index (χ0) is 13.0. The number of ketones is 1. The summed E-state index contributed by atoms with van der Waals surface area (Å²) >= 11 is 0. The van der Waals surface area contributed by atoms with Gasteiger partial charge in [-0.15, -0.1) is 0 Å². The van der Waals surface area contributed by atoms with Crippen LogP contribution in [0.1, 0.15) is 29.9 Å². The molecule has 3 heteroatoms. The number of benzene rings is 1. The molecule has 0 amide bonds. The van der Waals surface area contributed by atoms with Crippen molar-refractivity contribution in [1.82, 2.24) is 4.98 Å². The zero-order valence-corrected chi connectivity index (χ0v) is 10.5. The van der Waals surface area contributed by atoms with Gasteiger partial charge in [0, 0.05) is 6.20 Å². The summed E-state index contributed by atoms with van der Waals surface area (Å²) < 4.78 is 5.64. The molecule has 0 saturated carbocycles. The van der Waals surface area contributed by atoms with Gasteiger partial charge in [-0.25, -0.2) is 0 Å². The van der Waals surface area contributed by atoms with Crippen LogP contribution in [0.2, 0.25) is 0 Å². The van der Waals surface area contributed by atoms with Crippen LogP contribution in [0.15, 0.2) is 48.7 Å². The van der Waals surface area contributed by atoms with Crippen LogP contribution in [-0.2, 0) is 0 Å². The van der Waals surface area contributed by atoms with E-state index in [9.17, 15) is 4.79 Å². The average molecular weight is 241 g/mol. The van der Waals surface area contributed by atoms with Gasteiger partial charge in [-0.3, -0.25) is 9.78 Å². The Bertz CT molecular complexity index is 535. The van der Waals surface area contributed by atoms with E-state index < -0.39 is 0 Å². The Morgan fingerprint density at radius 3 is 2.50 bits per heavy atom. The van der Waals surface area contributed by atoms with E-state index in [1.54, 1.807) is 36.5 Å². The number of carbonyl (C=O) groups is 1. The smallest absolute Gasteiger partial charge is 0.215 e. The number of ether oxygens (including phenoxy) is 1. The van der Waals surface area contributed by atoms with Crippen molar-refractivity contribution in [2.24, 2.45) is 0 Å². The highest BCUT2D eigenvalue weighted by atomic mass is 16.5.